The Hall–Kier alpha value is -1.94. The molecule has 612 valence electrons. The van der Waals surface area contributed by atoms with Gasteiger partial charge in [0, 0.05) is 25.7 Å². The first-order valence-corrected chi connectivity index (χ1v) is 46.5. The van der Waals surface area contributed by atoms with Crippen molar-refractivity contribution >= 4 is 39.5 Å². The van der Waals surface area contributed by atoms with E-state index in [-0.39, 0.29) is 25.7 Å². The minimum absolute atomic E-state index is 0.106. The lowest BCUT2D eigenvalue weighted by atomic mass is 10.0. The van der Waals surface area contributed by atoms with Crippen molar-refractivity contribution in [2.24, 2.45) is 11.8 Å². The van der Waals surface area contributed by atoms with E-state index in [1.165, 1.54) is 263 Å². The number of phosphoric acid groups is 2. The number of unbranched alkanes of at least 4 members (excludes halogenated alkanes) is 53. The molecule has 0 saturated heterocycles. The molecule has 3 N–H and O–H groups in total. The van der Waals surface area contributed by atoms with Crippen molar-refractivity contribution in [3.63, 3.8) is 0 Å². The summed E-state index contributed by atoms with van der Waals surface area (Å²) in [5.74, 6) is -0.562. The van der Waals surface area contributed by atoms with Crippen molar-refractivity contribution in [3.8, 4) is 0 Å². The SMILES string of the molecule is CCCCCCCCCCCCCCCCCCCCCCCC(=O)O[C@H](COC(=O)CCCCCCCCCCCCCCCCCC(C)C)COP(=O)(O)OC[C@@H](O)COP(=O)(O)OC[C@@H](COC(=O)CCCCCCCCCCCCCC)OC(=O)CCCCCCCCCCCC(C)C. The maximum Gasteiger partial charge on any atom is 0.472 e. The number of aliphatic hydroxyl groups is 1. The molecule has 0 aromatic rings. The fourth-order valence-electron chi connectivity index (χ4n) is 13.1. The van der Waals surface area contributed by atoms with Crippen LogP contribution in [0.1, 0.15) is 446 Å². The van der Waals surface area contributed by atoms with Gasteiger partial charge in [0.1, 0.15) is 19.3 Å². The van der Waals surface area contributed by atoms with Gasteiger partial charge in [0.15, 0.2) is 12.2 Å². The number of rotatable bonds is 83. The van der Waals surface area contributed by atoms with Crippen molar-refractivity contribution in [1.29, 1.82) is 0 Å². The number of esters is 4. The summed E-state index contributed by atoms with van der Waals surface area (Å²) in [5, 5.41) is 10.7. The van der Waals surface area contributed by atoms with Gasteiger partial charge in [-0.1, -0.05) is 395 Å². The monoisotopic (exact) mass is 1510 g/mol. The Labute approximate surface area is 632 Å². The van der Waals surface area contributed by atoms with E-state index in [0.29, 0.717) is 25.7 Å². The van der Waals surface area contributed by atoms with Crippen LogP contribution in [-0.4, -0.2) is 96.7 Å². The zero-order chi connectivity index (χ0) is 75.6. The normalized spacial score (nSPS) is 13.9. The molecule has 0 aromatic heterocycles. The summed E-state index contributed by atoms with van der Waals surface area (Å²) in [5.41, 5.74) is 0. The predicted molar refractivity (Wildman–Crippen MR) is 423 cm³/mol. The minimum atomic E-state index is -4.96. The molecule has 0 saturated carbocycles. The predicted octanol–water partition coefficient (Wildman–Crippen LogP) is 25.5. The van der Waals surface area contributed by atoms with Crippen LogP contribution in [0.4, 0.5) is 0 Å². The van der Waals surface area contributed by atoms with Crippen molar-refractivity contribution in [2.45, 2.75) is 464 Å². The molecular formula is C84H164O17P2. The first kappa shape index (κ1) is 101. The number of phosphoric ester groups is 2. The zero-order valence-electron chi connectivity index (χ0n) is 67.6. The highest BCUT2D eigenvalue weighted by molar-refractivity contribution is 7.47. The Bertz CT molecular complexity index is 1980. The van der Waals surface area contributed by atoms with Gasteiger partial charge < -0.3 is 33.8 Å². The zero-order valence-corrected chi connectivity index (χ0v) is 69.4. The number of hydrogen-bond acceptors (Lipinski definition) is 15. The fraction of sp³-hybridized carbons (Fsp3) is 0.952. The van der Waals surface area contributed by atoms with Gasteiger partial charge in [0.05, 0.1) is 26.4 Å². The molecular weight excluding hydrogens is 1340 g/mol. The van der Waals surface area contributed by atoms with E-state index in [1.54, 1.807) is 0 Å². The summed E-state index contributed by atoms with van der Waals surface area (Å²) in [7, 11) is -9.92. The van der Waals surface area contributed by atoms with Gasteiger partial charge in [-0.25, -0.2) is 9.13 Å². The number of carbonyl (C=O) groups excluding carboxylic acids is 4. The molecule has 0 aliphatic carbocycles. The molecule has 0 aromatic carbocycles. The number of ether oxygens (including phenoxy) is 4. The van der Waals surface area contributed by atoms with Crippen LogP contribution in [0.3, 0.4) is 0 Å². The van der Waals surface area contributed by atoms with Gasteiger partial charge in [-0.15, -0.1) is 0 Å². The Morgan fingerprint density at radius 3 is 0.660 bits per heavy atom. The van der Waals surface area contributed by atoms with Gasteiger partial charge in [-0.05, 0) is 37.5 Å². The van der Waals surface area contributed by atoms with E-state index in [9.17, 15) is 43.2 Å². The second kappa shape index (κ2) is 75.5. The molecule has 19 heteroatoms. The molecule has 103 heavy (non-hydrogen) atoms. The average molecular weight is 1510 g/mol. The van der Waals surface area contributed by atoms with Crippen LogP contribution in [0, 0.1) is 11.8 Å². The first-order chi connectivity index (χ1) is 49.9. The van der Waals surface area contributed by atoms with Crippen molar-refractivity contribution in [2.75, 3.05) is 39.6 Å². The second-order valence-electron chi connectivity index (χ2n) is 31.2. The highest BCUT2D eigenvalue weighted by Gasteiger charge is 2.30. The van der Waals surface area contributed by atoms with E-state index in [0.717, 1.165) is 102 Å². The summed E-state index contributed by atoms with van der Waals surface area (Å²) in [6.45, 7) is 9.66. The van der Waals surface area contributed by atoms with Crippen LogP contribution >= 0.6 is 15.6 Å². The molecule has 0 rings (SSSR count). The Morgan fingerprint density at radius 1 is 0.262 bits per heavy atom. The fourth-order valence-corrected chi connectivity index (χ4v) is 14.6. The van der Waals surface area contributed by atoms with Crippen LogP contribution in [0.25, 0.3) is 0 Å². The third-order valence-corrected chi connectivity index (χ3v) is 21.6. The van der Waals surface area contributed by atoms with E-state index < -0.39 is 97.5 Å². The molecule has 17 nitrogen and oxygen atoms in total. The lowest BCUT2D eigenvalue weighted by Gasteiger charge is -2.21. The van der Waals surface area contributed by atoms with Crippen LogP contribution in [-0.2, 0) is 65.4 Å². The standard InChI is InChI=1S/C84H164O17P2/c1-7-9-11-13-15-17-19-21-22-23-24-25-26-27-30-34-38-44-50-56-62-68-83(88)100-79(72-95-82(87)67-61-55-49-43-37-33-31-28-29-32-35-40-46-52-58-64-76(3)4)74-98-102(90,91)96-70-78(85)71-97-103(92,93)99-75-80(101-84(89)69-63-57-51-45-39-41-47-53-59-65-77(5)6)73-94-81(86)66-60-54-48-42-36-20-18-16-14-12-10-8-2/h76-80,85H,7-75H2,1-6H3,(H,90,91)(H,92,93)/t78-,79-,80-/m1/s1. The van der Waals surface area contributed by atoms with Gasteiger partial charge in [0.2, 0.25) is 0 Å². The summed E-state index contributed by atoms with van der Waals surface area (Å²) in [6.07, 6.45) is 66.7. The topological polar surface area (TPSA) is 237 Å². The summed E-state index contributed by atoms with van der Waals surface area (Å²) in [6, 6.07) is 0. The maximum atomic E-state index is 13.1. The van der Waals surface area contributed by atoms with Crippen molar-refractivity contribution in [3.05, 3.63) is 0 Å². The largest absolute Gasteiger partial charge is 0.472 e. The van der Waals surface area contributed by atoms with Crippen LogP contribution in [0.15, 0.2) is 0 Å². The number of hydrogen-bond donors (Lipinski definition) is 3. The van der Waals surface area contributed by atoms with Crippen molar-refractivity contribution in [1.82, 2.24) is 0 Å². The quantitative estimate of drug-likeness (QED) is 0.0222. The molecule has 0 heterocycles. The molecule has 0 radical (unpaired) electrons. The molecule has 0 amide bonds. The van der Waals surface area contributed by atoms with Gasteiger partial charge in [-0.2, -0.15) is 0 Å². The number of aliphatic hydroxyl groups excluding tert-OH is 1. The van der Waals surface area contributed by atoms with E-state index in [2.05, 4.69) is 41.5 Å². The summed E-state index contributed by atoms with van der Waals surface area (Å²) < 4.78 is 68.8. The average Bonchev–Trinajstić information content (AvgIpc) is 0.911. The molecule has 0 aliphatic heterocycles. The third kappa shape index (κ3) is 78.0. The lowest BCUT2D eigenvalue weighted by Crippen LogP contribution is -2.30. The third-order valence-electron chi connectivity index (χ3n) is 19.7. The Morgan fingerprint density at radius 2 is 0.447 bits per heavy atom. The molecule has 0 fully saturated rings. The first-order valence-electron chi connectivity index (χ1n) is 43.5. The van der Waals surface area contributed by atoms with Crippen LogP contribution in [0.2, 0.25) is 0 Å². The van der Waals surface area contributed by atoms with Gasteiger partial charge >= 0.3 is 39.5 Å². The lowest BCUT2D eigenvalue weighted by molar-refractivity contribution is -0.161. The molecule has 0 bridgehead atoms. The summed E-state index contributed by atoms with van der Waals surface area (Å²) >= 11 is 0. The second-order valence-corrected chi connectivity index (χ2v) is 34.1. The van der Waals surface area contributed by atoms with E-state index in [4.69, 9.17) is 37.0 Å². The van der Waals surface area contributed by atoms with Crippen LogP contribution < -0.4 is 0 Å². The smallest absolute Gasteiger partial charge is 0.462 e. The highest BCUT2D eigenvalue weighted by Crippen LogP contribution is 2.45. The minimum Gasteiger partial charge on any atom is -0.462 e. The van der Waals surface area contributed by atoms with Crippen molar-refractivity contribution < 1.29 is 80.2 Å². The van der Waals surface area contributed by atoms with Gasteiger partial charge in [0.25, 0.3) is 0 Å². The Balaban J connectivity index is 5.23. The molecule has 2 unspecified atom stereocenters. The van der Waals surface area contributed by atoms with E-state index >= 15 is 0 Å². The highest BCUT2D eigenvalue weighted by atomic mass is 31.2. The van der Waals surface area contributed by atoms with E-state index in [1.807, 2.05) is 0 Å². The number of carbonyl (C=O) groups is 4. The summed E-state index contributed by atoms with van der Waals surface area (Å²) in [4.78, 5) is 73.1. The Kier molecular flexibility index (Phi) is 74.1. The van der Waals surface area contributed by atoms with Crippen LogP contribution in [0.5, 0.6) is 0 Å². The van der Waals surface area contributed by atoms with Gasteiger partial charge in [-0.3, -0.25) is 37.3 Å². The molecule has 0 spiro atoms. The maximum absolute atomic E-state index is 13.1. The molecule has 5 atom stereocenters. The molecule has 0 aliphatic rings.